The van der Waals surface area contributed by atoms with Crippen LogP contribution in [0.3, 0.4) is 0 Å². The summed E-state index contributed by atoms with van der Waals surface area (Å²) >= 11 is 1.70. The third-order valence-electron chi connectivity index (χ3n) is 2.78. The average molecular weight is 276 g/mol. The summed E-state index contributed by atoms with van der Waals surface area (Å²) in [6.45, 7) is 0.691. The molecule has 0 atom stereocenters. The summed E-state index contributed by atoms with van der Waals surface area (Å²) in [6, 6.07) is 7.49. The lowest BCUT2D eigenvalue weighted by Crippen LogP contribution is -2.28. The number of nitrogen functional groups attached to an aromatic ring is 1. The lowest BCUT2D eigenvalue weighted by atomic mass is 10.2. The van der Waals surface area contributed by atoms with Crippen molar-refractivity contribution in [1.82, 2.24) is 9.88 Å². The summed E-state index contributed by atoms with van der Waals surface area (Å²) in [6.07, 6.45) is 2.40. The molecule has 0 saturated carbocycles. The zero-order valence-corrected chi connectivity index (χ0v) is 11.5. The number of hydrogen-bond acceptors (Lipinski definition) is 5. The van der Waals surface area contributed by atoms with Gasteiger partial charge in [0.2, 0.25) is 0 Å². The van der Waals surface area contributed by atoms with Crippen molar-refractivity contribution in [2.24, 2.45) is 5.84 Å². The molecule has 1 amide bonds. The highest BCUT2D eigenvalue weighted by atomic mass is 32.1. The molecule has 0 aliphatic rings. The zero-order valence-electron chi connectivity index (χ0n) is 10.7. The van der Waals surface area contributed by atoms with Gasteiger partial charge in [-0.1, -0.05) is 6.07 Å². The molecule has 2 heterocycles. The van der Waals surface area contributed by atoms with Crippen LogP contribution in [0.5, 0.6) is 0 Å². The number of likely N-dealkylation sites (N-methyl/N-ethyl adjacent to an activating group) is 1. The Hall–Kier alpha value is -1.92. The Morgan fingerprint density at radius 2 is 2.32 bits per heavy atom. The van der Waals surface area contributed by atoms with E-state index in [9.17, 15) is 4.79 Å². The Kier molecular flexibility index (Phi) is 4.48. The fourth-order valence-electron chi connectivity index (χ4n) is 1.66. The molecule has 0 fully saturated rings. The highest BCUT2D eigenvalue weighted by molar-refractivity contribution is 7.09. The smallest absolute Gasteiger partial charge is 0.255 e. The van der Waals surface area contributed by atoms with Gasteiger partial charge in [0.1, 0.15) is 5.82 Å². The van der Waals surface area contributed by atoms with Crippen LogP contribution in [0.25, 0.3) is 0 Å². The zero-order chi connectivity index (χ0) is 13.7. The SMILES string of the molecule is CN(CCc1cccs1)C(=O)c1ccc(NN)nc1. The summed E-state index contributed by atoms with van der Waals surface area (Å²) in [4.78, 5) is 19.1. The molecule has 0 aliphatic carbocycles. The Bertz CT molecular complexity index is 524. The Balaban J connectivity index is 1.94. The van der Waals surface area contributed by atoms with E-state index in [1.165, 1.54) is 11.1 Å². The van der Waals surface area contributed by atoms with Crippen LogP contribution in [0.4, 0.5) is 5.82 Å². The van der Waals surface area contributed by atoms with Gasteiger partial charge in [-0.05, 0) is 30.0 Å². The number of nitrogens with one attached hydrogen (secondary N) is 1. The first-order valence-electron chi connectivity index (χ1n) is 5.91. The minimum Gasteiger partial charge on any atom is -0.341 e. The number of carbonyl (C=O) groups excluding carboxylic acids is 1. The van der Waals surface area contributed by atoms with E-state index in [1.54, 1.807) is 35.4 Å². The average Bonchev–Trinajstić information content (AvgIpc) is 2.97. The number of aromatic nitrogens is 1. The van der Waals surface area contributed by atoms with Gasteiger partial charge >= 0.3 is 0 Å². The van der Waals surface area contributed by atoms with Gasteiger partial charge in [0, 0.05) is 24.7 Å². The first-order valence-corrected chi connectivity index (χ1v) is 6.79. The quantitative estimate of drug-likeness (QED) is 0.644. The van der Waals surface area contributed by atoms with Gasteiger partial charge in [-0.25, -0.2) is 10.8 Å². The van der Waals surface area contributed by atoms with E-state index in [4.69, 9.17) is 5.84 Å². The van der Waals surface area contributed by atoms with Crippen LogP contribution in [-0.2, 0) is 6.42 Å². The van der Waals surface area contributed by atoms with E-state index in [0.29, 0.717) is 17.9 Å². The van der Waals surface area contributed by atoms with Crippen molar-refractivity contribution in [3.8, 4) is 0 Å². The fourth-order valence-corrected chi connectivity index (χ4v) is 2.36. The molecule has 2 rings (SSSR count). The molecule has 0 bridgehead atoms. The molecule has 0 aromatic carbocycles. The number of pyridine rings is 1. The number of hydrazine groups is 1. The van der Waals surface area contributed by atoms with Crippen molar-refractivity contribution in [2.75, 3.05) is 19.0 Å². The van der Waals surface area contributed by atoms with Crippen molar-refractivity contribution >= 4 is 23.1 Å². The first-order chi connectivity index (χ1) is 9.20. The number of hydrogen-bond donors (Lipinski definition) is 2. The number of rotatable bonds is 5. The summed E-state index contributed by atoms with van der Waals surface area (Å²) in [5.74, 6) is 5.74. The molecule has 100 valence electrons. The third kappa shape index (κ3) is 3.52. The molecular formula is C13H16N4OS. The van der Waals surface area contributed by atoms with E-state index >= 15 is 0 Å². The van der Waals surface area contributed by atoms with E-state index < -0.39 is 0 Å². The van der Waals surface area contributed by atoms with Crippen LogP contribution in [-0.4, -0.2) is 29.4 Å². The first kappa shape index (κ1) is 13.5. The summed E-state index contributed by atoms with van der Waals surface area (Å²) in [7, 11) is 1.80. The minimum absolute atomic E-state index is 0.0346. The van der Waals surface area contributed by atoms with Crippen molar-refractivity contribution in [1.29, 1.82) is 0 Å². The Labute approximate surface area is 116 Å². The number of anilines is 1. The second kappa shape index (κ2) is 6.31. The van der Waals surface area contributed by atoms with Gasteiger partial charge in [0.05, 0.1) is 5.56 Å². The molecular weight excluding hydrogens is 260 g/mol. The molecule has 0 saturated heterocycles. The predicted octanol–water partition coefficient (Wildman–Crippen LogP) is 1.74. The highest BCUT2D eigenvalue weighted by Crippen LogP contribution is 2.11. The number of nitrogens with zero attached hydrogens (tertiary/aromatic N) is 2. The summed E-state index contributed by atoms with van der Waals surface area (Å²) in [5, 5.41) is 2.04. The van der Waals surface area contributed by atoms with Gasteiger partial charge < -0.3 is 10.3 Å². The van der Waals surface area contributed by atoms with Crippen molar-refractivity contribution in [3.05, 3.63) is 46.3 Å². The van der Waals surface area contributed by atoms with Gasteiger partial charge in [-0.3, -0.25) is 4.79 Å². The maximum atomic E-state index is 12.1. The van der Waals surface area contributed by atoms with Gasteiger partial charge in [0.25, 0.3) is 5.91 Å². The topological polar surface area (TPSA) is 71.2 Å². The normalized spacial score (nSPS) is 10.2. The van der Waals surface area contributed by atoms with Gasteiger partial charge in [-0.2, -0.15) is 0 Å². The number of carbonyl (C=O) groups is 1. The molecule has 0 unspecified atom stereocenters. The van der Waals surface area contributed by atoms with Crippen LogP contribution in [0.15, 0.2) is 35.8 Å². The number of nitrogens with two attached hydrogens (primary N) is 1. The van der Waals surface area contributed by atoms with Gasteiger partial charge in [-0.15, -0.1) is 11.3 Å². The molecule has 19 heavy (non-hydrogen) atoms. The van der Waals surface area contributed by atoms with E-state index in [0.717, 1.165) is 6.42 Å². The van der Waals surface area contributed by atoms with Crippen LogP contribution >= 0.6 is 11.3 Å². The Morgan fingerprint density at radius 1 is 1.47 bits per heavy atom. The maximum absolute atomic E-state index is 12.1. The molecule has 5 nitrogen and oxygen atoms in total. The number of amides is 1. The molecule has 3 N–H and O–H groups in total. The lowest BCUT2D eigenvalue weighted by Gasteiger charge is -2.16. The largest absolute Gasteiger partial charge is 0.341 e. The fraction of sp³-hybridized carbons (Fsp3) is 0.231. The number of thiophene rings is 1. The van der Waals surface area contributed by atoms with Crippen molar-refractivity contribution in [3.63, 3.8) is 0 Å². The van der Waals surface area contributed by atoms with Crippen LogP contribution in [0.2, 0.25) is 0 Å². The van der Waals surface area contributed by atoms with Crippen LogP contribution in [0, 0.1) is 0 Å². The van der Waals surface area contributed by atoms with E-state index in [-0.39, 0.29) is 5.91 Å². The minimum atomic E-state index is -0.0346. The predicted molar refractivity (Wildman–Crippen MR) is 77.0 cm³/mol. The second-order valence-corrected chi connectivity index (χ2v) is 5.16. The molecule has 6 heteroatoms. The molecule has 2 aromatic rings. The summed E-state index contributed by atoms with van der Waals surface area (Å²) in [5.41, 5.74) is 2.99. The van der Waals surface area contributed by atoms with Crippen molar-refractivity contribution in [2.45, 2.75) is 6.42 Å². The highest BCUT2D eigenvalue weighted by Gasteiger charge is 2.12. The second-order valence-electron chi connectivity index (χ2n) is 4.13. The van der Waals surface area contributed by atoms with Crippen molar-refractivity contribution < 1.29 is 4.79 Å². The Morgan fingerprint density at radius 3 is 2.89 bits per heavy atom. The third-order valence-corrected chi connectivity index (χ3v) is 3.71. The lowest BCUT2D eigenvalue weighted by molar-refractivity contribution is 0.0796. The maximum Gasteiger partial charge on any atom is 0.255 e. The summed E-state index contributed by atoms with van der Waals surface area (Å²) < 4.78 is 0. The van der Waals surface area contributed by atoms with E-state index in [1.807, 2.05) is 11.4 Å². The molecule has 2 aromatic heterocycles. The molecule has 0 aliphatic heterocycles. The van der Waals surface area contributed by atoms with E-state index in [2.05, 4.69) is 16.5 Å². The molecule has 0 spiro atoms. The standard InChI is InChI=1S/C13H16N4OS/c1-17(7-6-11-3-2-8-19-11)13(18)10-4-5-12(16-14)15-9-10/h2-5,8-9H,6-7,14H2,1H3,(H,15,16). The monoisotopic (exact) mass is 276 g/mol. The molecule has 0 radical (unpaired) electrons. The van der Waals surface area contributed by atoms with Gasteiger partial charge in [0.15, 0.2) is 0 Å². The van der Waals surface area contributed by atoms with Crippen LogP contribution in [0.1, 0.15) is 15.2 Å². The van der Waals surface area contributed by atoms with Crippen LogP contribution < -0.4 is 11.3 Å².